The molecule has 3 rings (SSSR count). The van der Waals surface area contributed by atoms with Crippen LogP contribution in [0.5, 0.6) is 0 Å². The Kier molecular flexibility index (Phi) is 10.1. The highest BCUT2D eigenvalue weighted by Crippen LogP contribution is 2.26. The normalized spacial score (nSPS) is 19.5. The predicted octanol–water partition coefficient (Wildman–Crippen LogP) is 3.31. The van der Waals surface area contributed by atoms with Gasteiger partial charge in [-0.1, -0.05) is 25.0 Å². The molecular weight excluding hydrogens is 392 g/mol. The van der Waals surface area contributed by atoms with Gasteiger partial charge in [-0.15, -0.1) is 0 Å². The van der Waals surface area contributed by atoms with Crippen molar-refractivity contribution in [3.63, 3.8) is 0 Å². The van der Waals surface area contributed by atoms with Gasteiger partial charge in [0.2, 0.25) is 5.91 Å². The first-order chi connectivity index (χ1) is 15.2. The summed E-state index contributed by atoms with van der Waals surface area (Å²) in [5, 5.41) is 9.72. The van der Waals surface area contributed by atoms with E-state index < -0.39 is 0 Å². The van der Waals surface area contributed by atoms with Crippen molar-refractivity contribution in [2.24, 2.45) is 16.8 Å². The zero-order valence-electron chi connectivity index (χ0n) is 18.8. The quantitative estimate of drug-likeness (QED) is 0.285. The number of guanidine groups is 1. The van der Waals surface area contributed by atoms with Crippen molar-refractivity contribution in [1.29, 1.82) is 0 Å². The van der Waals surface area contributed by atoms with E-state index in [0.29, 0.717) is 12.5 Å². The van der Waals surface area contributed by atoms with Gasteiger partial charge in [0.1, 0.15) is 0 Å². The number of ether oxygens (including phenoxy) is 2. The van der Waals surface area contributed by atoms with Crippen LogP contribution in [0.1, 0.15) is 51.0 Å². The van der Waals surface area contributed by atoms with E-state index in [1.165, 1.54) is 0 Å². The van der Waals surface area contributed by atoms with E-state index >= 15 is 0 Å². The van der Waals surface area contributed by atoms with Crippen LogP contribution in [0.15, 0.2) is 29.3 Å². The molecule has 2 aliphatic rings. The third-order valence-electron chi connectivity index (χ3n) is 5.82. The summed E-state index contributed by atoms with van der Waals surface area (Å²) in [5.41, 5.74) is 1.93. The molecule has 7 heteroatoms. The number of nitrogens with zero attached hydrogens (tertiary/aromatic N) is 1. The van der Waals surface area contributed by atoms with Crippen molar-refractivity contribution in [2.75, 3.05) is 44.8 Å². The Hall–Kier alpha value is -2.12. The third kappa shape index (κ3) is 8.50. The molecule has 1 atom stereocenters. The number of hydrogen-bond donors (Lipinski definition) is 3. The van der Waals surface area contributed by atoms with Crippen LogP contribution < -0.4 is 16.0 Å². The lowest BCUT2D eigenvalue weighted by Crippen LogP contribution is -2.38. The molecule has 1 amide bonds. The molecule has 7 nitrogen and oxygen atoms in total. The number of carbonyl (C=O) groups is 1. The van der Waals surface area contributed by atoms with Crippen LogP contribution in [0.3, 0.4) is 0 Å². The molecule has 0 spiro atoms. The van der Waals surface area contributed by atoms with Crippen LogP contribution in [-0.4, -0.2) is 51.4 Å². The zero-order valence-corrected chi connectivity index (χ0v) is 18.8. The van der Waals surface area contributed by atoms with E-state index in [1.807, 2.05) is 24.3 Å². The number of amides is 1. The maximum Gasteiger partial charge on any atom is 0.227 e. The fourth-order valence-corrected chi connectivity index (χ4v) is 4.04. The van der Waals surface area contributed by atoms with Crippen molar-refractivity contribution < 1.29 is 14.3 Å². The van der Waals surface area contributed by atoms with Crippen molar-refractivity contribution in [3.05, 3.63) is 29.8 Å². The zero-order chi connectivity index (χ0) is 21.7. The summed E-state index contributed by atoms with van der Waals surface area (Å²) in [4.78, 5) is 17.1. The third-order valence-corrected chi connectivity index (χ3v) is 5.82. The summed E-state index contributed by atoms with van der Waals surface area (Å²) < 4.78 is 11.1. The summed E-state index contributed by atoms with van der Waals surface area (Å²) in [6, 6.07) is 7.97. The summed E-state index contributed by atoms with van der Waals surface area (Å²) in [6.45, 7) is 7.47. The molecule has 1 unspecified atom stereocenters. The van der Waals surface area contributed by atoms with Gasteiger partial charge in [-0.25, -0.2) is 4.99 Å². The van der Waals surface area contributed by atoms with Crippen LogP contribution in [0.4, 0.5) is 5.69 Å². The number of benzene rings is 1. The van der Waals surface area contributed by atoms with Crippen LogP contribution in [0.2, 0.25) is 0 Å². The van der Waals surface area contributed by atoms with Crippen LogP contribution in [0.25, 0.3) is 0 Å². The van der Waals surface area contributed by atoms with Gasteiger partial charge < -0.3 is 25.4 Å². The Balaban J connectivity index is 1.39. The Bertz CT molecular complexity index is 698. The van der Waals surface area contributed by atoms with Gasteiger partial charge in [-0.2, -0.15) is 0 Å². The number of hydrogen-bond acceptors (Lipinski definition) is 4. The molecule has 0 aromatic heterocycles. The number of rotatable bonds is 11. The van der Waals surface area contributed by atoms with Gasteiger partial charge in [0.05, 0.1) is 19.8 Å². The van der Waals surface area contributed by atoms with E-state index in [4.69, 9.17) is 9.47 Å². The summed E-state index contributed by atoms with van der Waals surface area (Å²) in [5.74, 6) is 1.68. The Morgan fingerprint density at radius 1 is 1.23 bits per heavy atom. The minimum atomic E-state index is 0.149. The molecule has 3 N–H and O–H groups in total. The number of aliphatic imine (C=N–C) groups is 1. The van der Waals surface area contributed by atoms with Crippen molar-refractivity contribution >= 4 is 17.6 Å². The fraction of sp³-hybridized carbons (Fsp3) is 0.667. The van der Waals surface area contributed by atoms with E-state index in [0.717, 1.165) is 95.3 Å². The lowest BCUT2D eigenvalue weighted by Gasteiger charge is -2.13. The highest BCUT2D eigenvalue weighted by Gasteiger charge is 2.22. The lowest BCUT2D eigenvalue weighted by molar-refractivity contribution is -0.119. The molecule has 1 aromatic rings. The molecule has 0 bridgehead atoms. The summed E-state index contributed by atoms with van der Waals surface area (Å²) in [6.07, 6.45) is 6.38. The number of anilines is 1. The Labute approximate surface area is 186 Å². The largest absolute Gasteiger partial charge is 0.381 e. The maximum atomic E-state index is 12.4. The summed E-state index contributed by atoms with van der Waals surface area (Å²) >= 11 is 0. The molecule has 1 aliphatic heterocycles. The average molecular weight is 431 g/mol. The molecule has 1 aliphatic carbocycles. The second kappa shape index (κ2) is 13.3. The van der Waals surface area contributed by atoms with Gasteiger partial charge in [0, 0.05) is 43.8 Å². The van der Waals surface area contributed by atoms with Crippen LogP contribution in [-0.2, 0) is 20.8 Å². The highest BCUT2D eigenvalue weighted by molar-refractivity contribution is 5.92. The molecule has 1 saturated carbocycles. The highest BCUT2D eigenvalue weighted by atomic mass is 16.5. The van der Waals surface area contributed by atoms with Gasteiger partial charge in [0.25, 0.3) is 0 Å². The monoisotopic (exact) mass is 430 g/mol. The topological polar surface area (TPSA) is 84.0 Å². The van der Waals surface area contributed by atoms with Crippen LogP contribution >= 0.6 is 0 Å². The van der Waals surface area contributed by atoms with Crippen molar-refractivity contribution in [3.8, 4) is 0 Å². The van der Waals surface area contributed by atoms with Crippen LogP contribution in [0, 0.1) is 11.8 Å². The molecule has 1 aromatic carbocycles. The summed E-state index contributed by atoms with van der Waals surface area (Å²) in [7, 11) is 0. The minimum Gasteiger partial charge on any atom is -0.381 e. The van der Waals surface area contributed by atoms with Gasteiger partial charge in [-0.05, 0) is 50.3 Å². The number of carbonyl (C=O) groups excluding carboxylic acids is 1. The smallest absolute Gasteiger partial charge is 0.227 e. The van der Waals surface area contributed by atoms with Crippen molar-refractivity contribution in [2.45, 2.75) is 52.0 Å². The SMILES string of the molecule is CCNC(=NCc1cccc(NC(=O)C2CCCC2)c1)NCCCOCC1CCOC1. The molecule has 31 heavy (non-hydrogen) atoms. The van der Waals surface area contributed by atoms with Gasteiger partial charge in [-0.3, -0.25) is 4.79 Å². The molecule has 1 heterocycles. The van der Waals surface area contributed by atoms with E-state index in [-0.39, 0.29) is 11.8 Å². The average Bonchev–Trinajstić information content (AvgIpc) is 3.49. The molecule has 1 saturated heterocycles. The second-order valence-corrected chi connectivity index (χ2v) is 8.45. The fourth-order valence-electron chi connectivity index (χ4n) is 4.04. The lowest BCUT2D eigenvalue weighted by atomic mass is 10.1. The van der Waals surface area contributed by atoms with E-state index in [1.54, 1.807) is 0 Å². The standard InChI is InChI=1S/C24H38N4O3/c1-2-25-24(26-12-6-13-30-17-20-11-14-31-18-20)27-16-19-7-5-10-22(15-19)28-23(29)21-8-3-4-9-21/h5,7,10,15,20-21H,2-4,6,8-9,11-14,16-18H2,1H3,(H,28,29)(H2,25,26,27). The Morgan fingerprint density at radius 2 is 2.10 bits per heavy atom. The minimum absolute atomic E-state index is 0.149. The first-order valence-corrected chi connectivity index (χ1v) is 11.8. The first kappa shape index (κ1) is 23.5. The van der Waals surface area contributed by atoms with Gasteiger partial charge in [0.15, 0.2) is 5.96 Å². The molecule has 2 fully saturated rings. The van der Waals surface area contributed by atoms with Crippen molar-refractivity contribution in [1.82, 2.24) is 10.6 Å². The van der Waals surface area contributed by atoms with Gasteiger partial charge >= 0.3 is 0 Å². The Morgan fingerprint density at radius 3 is 2.87 bits per heavy atom. The van der Waals surface area contributed by atoms with E-state index in [9.17, 15) is 4.79 Å². The molecule has 0 radical (unpaired) electrons. The first-order valence-electron chi connectivity index (χ1n) is 11.8. The molecule has 172 valence electrons. The number of nitrogens with one attached hydrogen (secondary N) is 3. The maximum absolute atomic E-state index is 12.4. The predicted molar refractivity (Wildman–Crippen MR) is 124 cm³/mol. The van der Waals surface area contributed by atoms with E-state index in [2.05, 4.69) is 27.9 Å². The second-order valence-electron chi connectivity index (χ2n) is 8.45. The molecular formula is C24H38N4O3.